The Morgan fingerprint density at radius 1 is 0.806 bits per heavy atom. The molecule has 3 atom stereocenters. The molecule has 0 fully saturated rings. The highest BCUT2D eigenvalue weighted by Crippen LogP contribution is 2.05. The van der Waals surface area contributed by atoms with Gasteiger partial charge in [0.05, 0.1) is 0 Å². The number of unbranched alkanes of at least 4 members (excludes halogenated alkanes) is 1. The van der Waals surface area contributed by atoms with Crippen LogP contribution in [0.15, 0.2) is 60.7 Å². The first-order chi connectivity index (χ1) is 15.0. The van der Waals surface area contributed by atoms with Gasteiger partial charge in [-0.3, -0.25) is 9.59 Å². The number of hydrogen-bond donors (Lipinski definition) is 5. The van der Waals surface area contributed by atoms with Crippen LogP contribution in [0.25, 0.3) is 0 Å². The van der Waals surface area contributed by atoms with Gasteiger partial charge in [-0.1, -0.05) is 60.7 Å². The van der Waals surface area contributed by atoms with E-state index < -0.39 is 18.1 Å². The number of aliphatic hydroxyl groups is 1. The summed E-state index contributed by atoms with van der Waals surface area (Å²) in [7, 11) is 0. The van der Waals surface area contributed by atoms with E-state index in [4.69, 9.17) is 11.5 Å². The molecule has 3 unspecified atom stereocenters. The molecule has 168 valence electrons. The van der Waals surface area contributed by atoms with E-state index in [0.29, 0.717) is 38.8 Å². The Bertz CT molecular complexity index is 786. The standard InChI is InChI=1S/C24H34N4O3/c25-20(15-18-9-3-1-4-10-18)17-22(29)27-13-7-8-14-28-24(31)23(30)21(26)16-19-11-5-2-6-12-19/h1-6,9-12,20-21,23,30H,7-8,13-17,25-26H2,(H,27,29)(H,28,31). The first-order valence-electron chi connectivity index (χ1n) is 10.8. The van der Waals surface area contributed by atoms with Gasteiger partial charge in [-0.25, -0.2) is 0 Å². The number of carbonyl (C=O) groups is 2. The largest absolute Gasteiger partial charge is 0.382 e. The van der Waals surface area contributed by atoms with Gasteiger partial charge >= 0.3 is 0 Å². The zero-order valence-corrected chi connectivity index (χ0v) is 17.9. The lowest BCUT2D eigenvalue weighted by Crippen LogP contribution is -2.47. The van der Waals surface area contributed by atoms with Crippen LogP contribution in [0.1, 0.15) is 30.4 Å². The van der Waals surface area contributed by atoms with Gasteiger partial charge in [-0.2, -0.15) is 0 Å². The third-order valence-electron chi connectivity index (χ3n) is 5.00. The Kier molecular flexibility index (Phi) is 10.7. The summed E-state index contributed by atoms with van der Waals surface area (Å²) < 4.78 is 0. The molecule has 7 N–H and O–H groups in total. The van der Waals surface area contributed by atoms with Crippen LogP contribution in [0.3, 0.4) is 0 Å². The molecule has 0 aromatic heterocycles. The first-order valence-corrected chi connectivity index (χ1v) is 10.8. The van der Waals surface area contributed by atoms with E-state index in [2.05, 4.69) is 10.6 Å². The summed E-state index contributed by atoms with van der Waals surface area (Å²) in [5.41, 5.74) is 14.1. The van der Waals surface area contributed by atoms with Gasteiger partial charge in [-0.05, 0) is 36.8 Å². The Morgan fingerprint density at radius 3 is 1.90 bits per heavy atom. The SMILES string of the molecule is NC(CC(=O)NCCCCNC(=O)C(O)C(N)Cc1ccccc1)Cc1ccccc1. The topological polar surface area (TPSA) is 130 Å². The van der Waals surface area contributed by atoms with E-state index in [9.17, 15) is 14.7 Å². The van der Waals surface area contributed by atoms with Gasteiger partial charge in [0, 0.05) is 31.6 Å². The lowest BCUT2D eigenvalue weighted by atomic mass is 10.0. The van der Waals surface area contributed by atoms with E-state index in [-0.39, 0.29) is 18.4 Å². The number of nitrogens with two attached hydrogens (primary N) is 2. The Labute approximate surface area is 184 Å². The van der Waals surface area contributed by atoms with E-state index in [1.807, 2.05) is 60.7 Å². The molecule has 2 rings (SSSR count). The second-order valence-corrected chi connectivity index (χ2v) is 7.80. The molecule has 2 amide bonds. The molecule has 0 saturated heterocycles. The second-order valence-electron chi connectivity index (χ2n) is 7.80. The van der Waals surface area contributed by atoms with Gasteiger partial charge < -0.3 is 27.2 Å². The molecule has 31 heavy (non-hydrogen) atoms. The fraction of sp³-hybridized carbons (Fsp3) is 0.417. The van der Waals surface area contributed by atoms with Crippen LogP contribution >= 0.6 is 0 Å². The fourth-order valence-electron chi connectivity index (χ4n) is 3.29. The smallest absolute Gasteiger partial charge is 0.250 e. The minimum atomic E-state index is -1.26. The van der Waals surface area contributed by atoms with Crippen molar-refractivity contribution in [1.82, 2.24) is 10.6 Å². The molecule has 0 aliphatic heterocycles. The Hall–Kier alpha value is -2.74. The van der Waals surface area contributed by atoms with Gasteiger partial charge in [-0.15, -0.1) is 0 Å². The molecule has 0 heterocycles. The van der Waals surface area contributed by atoms with Gasteiger partial charge in [0.1, 0.15) is 6.10 Å². The third kappa shape index (κ3) is 9.74. The van der Waals surface area contributed by atoms with Crippen molar-refractivity contribution in [2.45, 2.75) is 50.3 Å². The number of rotatable bonds is 13. The molecule has 0 bridgehead atoms. The highest BCUT2D eigenvalue weighted by atomic mass is 16.3. The van der Waals surface area contributed by atoms with E-state index >= 15 is 0 Å². The minimum Gasteiger partial charge on any atom is -0.382 e. The second kappa shape index (κ2) is 13.5. The fourth-order valence-corrected chi connectivity index (χ4v) is 3.29. The molecule has 0 radical (unpaired) electrons. The molecule has 0 aliphatic rings. The van der Waals surface area contributed by atoms with Gasteiger partial charge in [0.2, 0.25) is 11.8 Å². The predicted octanol–water partition coefficient (Wildman–Crippen LogP) is 0.890. The summed E-state index contributed by atoms with van der Waals surface area (Å²) in [5.74, 6) is -0.547. The van der Waals surface area contributed by atoms with Crippen molar-refractivity contribution in [1.29, 1.82) is 0 Å². The molecule has 2 aromatic rings. The van der Waals surface area contributed by atoms with Crippen LogP contribution in [0, 0.1) is 0 Å². The predicted molar refractivity (Wildman–Crippen MR) is 122 cm³/mol. The van der Waals surface area contributed by atoms with E-state index in [1.54, 1.807) is 0 Å². The summed E-state index contributed by atoms with van der Waals surface area (Å²) >= 11 is 0. The summed E-state index contributed by atoms with van der Waals surface area (Å²) in [4.78, 5) is 24.1. The van der Waals surface area contributed by atoms with Crippen LogP contribution in [0.5, 0.6) is 0 Å². The maximum atomic E-state index is 12.1. The lowest BCUT2D eigenvalue weighted by molar-refractivity contribution is -0.130. The molecule has 7 heteroatoms. The average molecular weight is 427 g/mol. The number of carbonyl (C=O) groups excluding carboxylic acids is 2. The van der Waals surface area contributed by atoms with Gasteiger partial charge in [0.15, 0.2) is 0 Å². The van der Waals surface area contributed by atoms with Gasteiger partial charge in [0.25, 0.3) is 0 Å². The highest BCUT2D eigenvalue weighted by molar-refractivity contribution is 5.81. The summed E-state index contributed by atoms with van der Waals surface area (Å²) in [6.45, 7) is 0.931. The molecule has 7 nitrogen and oxygen atoms in total. The van der Waals surface area contributed by atoms with Crippen molar-refractivity contribution in [3.8, 4) is 0 Å². The Morgan fingerprint density at radius 2 is 1.32 bits per heavy atom. The monoisotopic (exact) mass is 426 g/mol. The maximum absolute atomic E-state index is 12.1. The summed E-state index contributed by atoms with van der Waals surface area (Å²) in [5, 5.41) is 15.7. The number of hydrogen-bond acceptors (Lipinski definition) is 5. The quantitative estimate of drug-likeness (QED) is 0.304. The molecular weight excluding hydrogens is 392 g/mol. The number of nitrogens with one attached hydrogen (secondary N) is 2. The van der Waals surface area contributed by atoms with Crippen molar-refractivity contribution in [3.05, 3.63) is 71.8 Å². The molecular formula is C24H34N4O3. The van der Waals surface area contributed by atoms with Crippen molar-refractivity contribution in [2.75, 3.05) is 13.1 Å². The number of amides is 2. The van der Waals surface area contributed by atoms with Crippen molar-refractivity contribution in [3.63, 3.8) is 0 Å². The average Bonchev–Trinajstić information content (AvgIpc) is 2.76. The maximum Gasteiger partial charge on any atom is 0.250 e. The molecule has 0 aliphatic carbocycles. The van der Waals surface area contributed by atoms with E-state index in [0.717, 1.165) is 11.1 Å². The molecule has 2 aromatic carbocycles. The van der Waals surface area contributed by atoms with Crippen molar-refractivity contribution >= 4 is 11.8 Å². The lowest BCUT2D eigenvalue weighted by Gasteiger charge is -2.18. The number of aliphatic hydroxyl groups excluding tert-OH is 1. The molecule has 0 saturated carbocycles. The number of benzene rings is 2. The molecule has 0 spiro atoms. The highest BCUT2D eigenvalue weighted by Gasteiger charge is 2.22. The minimum absolute atomic E-state index is 0.0743. The zero-order chi connectivity index (χ0) is 22.5. The van der Waals surface area contributed by atoms with Crippen molar-refractivity contribution < 1.29 is 14.7 Å². The first kappa shape index (κ1) is 24.5. The summed E-state index contributed by atoms with van der Waals surface area (Å²) in [6.07, 6.45) is 1.50. The Balaban J connectivity index is 1.53. The summed E-state index contributed by atoms with van der Waals surface area (Å²) in [6, 6.07) is 18.5. The normalized spacial score (nSPS) is 13.8. The van der Waals surface area contributed by atoms with Crippen LogP contribution in [-0.2, 0) is 22.4 Å². The zero-order valence-electron chi connectivity index (χ0n) is 17.9. The van der Waals surface area contributed by atoms with Crippen LogP contribution < -0.4 is 22.1 Å². The van der Waals surface area contributed by atoms with Crippen molar-refractivity contribution in [2.24, 2.45) is 11.5 Å². The van der Waals surface area contributed by atoms with Crippen LogP contribution in [-0.4, -0.2) is 48.2 Å². The van der Waals surface area contributed by atoms with E-state index in [1.165, 1.54) is 0 Å². The third-order valence-corrected chi connectivity index (χ3v) is 5.00. The van der Waals surface area contributed by atoms with Crippen LogP contribution in [0.4, 0.5) is 0 Å². The van der Waals surface area contributed by atoms with Crippen LogP contribution in [0.2, 0.25) is 0 Å².